The highest BCUT2D eigenvalue weighted by Gasteiger charge is 2.34. The average molecular weight is 471 g/mol. The number of carbonyl (C=O) groups excluding carboxylic acids is 1. The number of ether oxygens (including phenoxy) is 3. The third-order valence-corrected chi connectivity index (χ3v) is 6.00. The molecule has 8 nitrogen and oxygen atoms in total. The number of carbonyl (C=O) groups is 1. The summed E-state index contributed by atoms with van der Waals surface area (Å²) >= 11 is 0. The normalized spacial score (nSPS) is 17.8. The molecule has 0 saturated carbocycles. The van der Waals surface area contributed by atoms with E-state index >= 15 is 0 Å². The first-order valence-electron chi connectivity index (χ1n) is 10.9. The lowest BCUT2D eigenvalue weighted by Crippen LogP contribution is -2.37. The van der Waals surface area contributed by atoms with E-state index in [0.29, 0.717) is 29.3 Å². The molecule has 0 radical (unpaired) electrons. The third kappa shape index (κ3) is 4.73. The number of benzene rings is 2. The summed E-state index contributed by atoms with van der Waals surface area (Å²) in [5, 5.41) is 3.74. The second-order valence-corrected chi connectivity index (χ2v) is 7.94. The van der Waals surface area contributed by atoms with Crippen LogP contribution in [0.25, 0.3) is 10.9 Å². The number of halogens is 1. The molecule has 2 aromatic carbocycles. The average Bonchev–Trinajstić information content (AvgIpc) is 3.17. The first kappa shape index (κ1) is 23.2. The van der Waals surface area contributed by atoms with Crippen molar-refractivity contribution in [3.63, 3.8) is 0 Å². The number of amides is 1. The highest BCUT2D eigenvalue weighted by atomic mass is 35.5. The fraction of sp³-hybridized carbons (Fsp3) is 0.375. The van der Waals surface area contributed by atoms with Crippen molar-refractivity contribution >= 4 is 34.9 Å². The fourth-order valence-electron chi connectivity index (χ4n) is 4.36. The molecular formula is C24H27ClN4O4. The Bertz CT molecular complexity index is 1140. The number of nitrogens with zero attached hydrogens (tertiary/aromatic N) is 3. The van der Waals surface area contributed by atoms with Gasteiger partial charge in [-0.25, -0.2) is 9.97 Å². The van der Waals surface area contributed by atoms with Gasteiger partial charge in [0.15, 0.2) is 11.5 Å². The van der Waals surface area contributed by atoms with Crippen molar-refractivity contribution in [2.24, 2.45) is 0 Å². The van der Waals surface area contributed by atoms with E-state index in [-0.39, 0.29) is 18.3 Å². The Kier molecular flexibility index (Phi) is 7.27. The number of anilines is 1. The summed E-state index contributed by atoms with van der Waals surface area (Å²) in [6.07, 6.45) is 2.39. The van der Waals surface area contributed by atoms with Gasteiger partial charge >= 0.3 is 0 Å². The van der Waals surface area contributed by atoms with Crippen LogP contribution in [0.1, 0.15) is 23.6 Å². The molecule has 0 spiro atoms. The van der Waals surface area contributed by atoms with Gasteiger partial charge in [0, 0.05) is 36.8 Å². The van der Waals surface area contributed by atoms with Gasteiger partial charge in [0.2, 0.25) is 5.91 Å². The van der Waals surface area contributed by atoms with Gasteiger partial charge in [-0.15, -0.1) is 12.4 Å². The van der Waals surface area contributed by atoms with Crippen molar-refractivity contribution in [2.45, 2.75) is 12.3 Å². The predicted octanol–water partition coefficient (Wildman–Crippen LogP) is 3.25. The van der Waals surface area contributed by atoms with Crippen molar-refractivity contribution in [3.8, 4) is 11.5 Å². The zero-order chi connectivity index (χ0) is 21.9. The molecule has 0 aliphatic carbocycles. The summed E-state index contributed by atoms with van der Waals surface area (Å²) in [7, 11) is 1.62. The number of aromatic nitrogens is 2. The predicted molar refractivity (Wildman–Crippen MR) is 128 cm³/mol. The summed E-state index contributed by atoms with van der Waals surface area (Å²) in [4.78, 5) is 24.1. The van der Waals surface area contributed by atoms with Gasteiger partial charge in [0.05, 0.1) is 38.1 Å². The smallest absolute Gasteiger partial charge is 0.238 e. The maximum atomic E-state index is 12.8. The molecule has 2 aliphatic rings. The molecule has 174 valence electrons. The first-order chi connectivity index (χ1) is 15.7. The van der Waals surface area contributed by atoms with Crippen molar-refractivity contribution in [2.75, 3.05) is 51.9 Å². The third-order valence-electron chi connectivity index (χ3n) is 6.00. The molecule has 33 heavy (non-hydrogen) atoms. The number of para-hydroxylation sites is 1. The van der Waals surface area contributed by atoms with Crippen LogP contribution >= 0.6 is 12.4 Å². The number of rotatable bonds is 7. The molecule has 1 fully saturated rings. The Balaban J connectivity index is 0.00000259. The summed E-state index contributed by atoms with van der Waals surface area (Å²) in [5.74, 6) is 0.670. The quantitative estimate of drug-likeness (QED) is 0.530. The Morgan fingerprint density at radius 3 is 2.79 bits per heavy atom. The Morgan fingerprint density at radius 1 is 1.15 bits per heavy atom. The SMILES string of the molecule is COc1cc2ncnc(C3C(=O)Nc4ccccc43)c2cc1OCCCN1CCOCC1.Cl. The van der Waals surface area contributed by atoms with E-state index in [1.165, 1.54) is 6.33 Å². The van der Waals surface area contributed by atoms with Crippen LogP contribution in [0.4, 0.5) is 5.69 Å². The van der Waals surface area contributed by atoms with E-state index < -0.39 is 5.92 Å². The molecule has 5 rings (SSSR count). The van der Waals surface area contributed by atoms with Crippen LogP contribution in [0.3, 0.4) is 0 Å². The van der Waals surface area contributed by atoms with Crippen LogP contribution in [0.15, 0.2) is 42.7 Å². The minimum absolute atomic E-state index is 0. The number of nitrogens with one attached hydrogen (secondary N) is 1. The Morgan fingerprint density at radius 2 is 1.97 bits per heavy atom. The summed E-state index contributed by atoms with van der Waals surface area (Å²) in [5.41, 5.74) is 3.12. The number of hydrogen-bond donors (Lipinski definition) is 1. The van der Waals surface area contributed by atoms with Crippen molar-refractivity contribution < 1.29 is 19.0 Å². The Labute approximate surface area is 198 Å². The van der Waals surface area contributed by atoms with E-state index in [4.69, 9.17) is 14.2 Å². The fourth-order valence-corrected chi connectivity index (χ4v) is 4.36. The lowest BCUT2D eigenvalue weighted by atomic mass is 9.94. The van der Waals surface area contributed by atoms with E-state index in [0.717, 1.165) is 55.9 Å². The van der Waals surface area contributed by atoms with Gasteiger partial charge in [-0.05, 0) is 24.1 Å². The lowest BCUT2D eigenvalue weighted by Gasteiger charge is -2.26. The zero-order valence-electron chi connectivity index (χ0n) is 18.5. The zero-order valence-corrected chi connectivity index (χ0v) is 19.3. The maximum Gasteiger partial charge on any atom is 0.238 e. The van der Waals surface area contributed by atoms with Crippen LogP contribution < -0.4 is 14.8 Å². The molecule has 3 heterocycles. The molecule has 1 saturated heterocycles. The van der Waals surface area contributed by atoms with Crippen LogP contribution in [0.2, 0.25) is 0 Å². The second kappa shape index (κ2) is 10.3. The number of fused-ring (bicyclic) bond motifs is 2. The van der Waals surface area contributed by atoms with E-state index in [2.05, 4.69) is 20.2 Å². The molecule has 2 aliphatic heterocycles. The van der Waals surface area contributed by atoms with Crippen LogP contribution in [0, 0.1) is 0 Å². The molecule has 1 atom stereocenters. The van der Waals surface area contributed by atoms with Crippen LogP contribution in [-0.4, -0.2) is 67.3 Å². The molecular weight excluding hydrogens is 444 g/mol. The number of methoxy groups -OCH3 is 1. The maximum absolute atomic E-state index is 12.8. The van der Waals surface area contributed by atoms with Crippen molar-refractivity contribution in [1.82, 2.24) is 14.9 Å². The van der Waals surface area contributed by atoms with Gasteiger partial charge in [-0.1, -0.05) is 18.2 Å². The van der Waals surface area contributed by atoms with E-state index in [1.807, 2.05) is 36.4 Å². The van der Waals surface area contributed by atoms with Crippen molar-refractivity contribution in [3.05, 3.63) is 54.0 Å². The minimum Gasteiger partial charge on any atom is -0.493 e. The second-order valence-electron chi connectivity index (χ2n) is 7.94. The van der Waals surface area contributed by atoms with Crippen molar-refractivity contribution in [1.29, 1.82) is 0 Å². The largest absolute Gasteiger partial charge is 0.493 e. The molecule has 3 aromatic rings. The monoisotopic (exact) mass is 470 g/mol. The topological polar surface area (TPSA) is 85.8 Å². The highest BCUT2D eigenvalue weighted by molar-refractivity contribution is 6.06. The molecule has 1 aromatic heterocycles. The van der Waals surface area contributed by atoms with E-state index in [1.54, 1.807) is 7.11 Å². The van der Waals surface area contributed by atoms with Gasteiger partial charge in [0.25, 0.3) is 0 Å². The summed E-state index contributed by atoms with van der Waals surface area (Å²) < 4.78 is 17.1. The van der Waals surface area contributed by atoms with Crippen LogP contribution in [0.5, 0.6) is 11.5 Å². The summed E-state index contributed by atoms with van der Waals surface area (Å²) in [6, 6.07) is 11.4. The first-order valence-corrected chi connectivity index (χ1v) is 10.9. The minimum atomic E-state index is -0.487. The molecule has 1 N–H and O–H groups in total. The molecule has 1 unspecified atom stereocenters. The van der Waals surface area contributed by atoms with Crippen LogP contribution in [-0.2, 0) is 9.53 Å². The summed E-state index contributed by atoms with van der Waals surface area (Å²) in [6.45, 7) is 5.04. The van der Waals surface area contributed by atoms with E-state index in [9.17, 15) is 4.79 Å². The lowest BCUT2D eigenvalue weighted by molar-refractivity contribution is -0.116. The van der Waals surface area contributed by atoms with Gasteiger partial charge in [0.1, 0.15) is 12.2 Å². The van der Waals surface area contributed by atoms with Gasteiger partial charge in [-0.3, -0.25) is 9.69 Å². The number of hydrogen-bond acceptors (Lipinski definition) is 7. The van der Waals surface area contributed by atoms with Gasteiger partial charge in [-0.2, -0.15) is 0 Å². The van der Waals surface area contributed by atoms with Gasteiger partial charge < -0.3 is 19.5 Å². The standard InChI is InChI=1S/C24H26N4O4.ClH/c1-30-20-14-19-17(13-21(20)32-10-4-7-28-8-11-31-12-9-28)23(26-15-25-19)22-16-5-2-3-6-18(16)27-24(22)29;/h2-3,5-6,13-15,22H,4,7-12H2,1H3,(H,27,29);1H. The number of morpholine rings is 1. The highest BCUT2D eigenvalue weighted by Crippen LogP contribution is 2.40. The molecule has 9 heteroatoms. The molecule has 0 bridgehead atoms. The molecule has 1 amide bonds. The Hall–Kier alpha value is -2.94.